The number of benzene rings is 1. The van der Waals surface area contributed by atoms with Crippen LogP contribution in [-0.2, 0) is 6.54 Å². The minimum absolute atomic E-state index is 0.452. The quantitative estimate of drug-likeness (QED) is 0.357. The number of nitrogens with one attached hydrogen (secondary N) is 3. The van der Waals surface area contributed by atoms with Crippen LogP contribution in [0.15, 0.2) is 65.5 Å². The van der Waals surface area contributed by atoms with Crippen LogP contribution in [0.3, 0.4) is 0 Å². The molecule has 0 radical (unpaired) electrons. The fourth-order valence-corrected chi connectivity index (χ4v) is 3.61. The number of hydrazine groups is 1. The summed E-state index contributed by atoms with van der Waals surface area (Å²) in [6.45, 7) is 0.511. The molecular weight excluding hydrogens is 366 g/mol. The minimum atomic E-state index is 0.452. The molecule has 6 nitrogen and oxygen atoms in total. The lowest BCUT2D eigenvalue weighted by Gasteiger charge is -2.11. The van der Waals surface area contributed by atoms with Gasteiger partial charge in [-0.05, 0) is 36.0 Å². The Bertz CT molecular complexity index is 1010. The Kier molecular flexibility index (Phi) is 4.76. The van der Waals surface area contributed by atoms with Gasteiger partial charge in [-0.25, -0.2) is 9.97 Å². The van der Waals surface area contributed by atoms with Crippen LogP contribution in [0.1, 0.15) is 5.76 Å². The number of rotatable bonds is 5. The van der Waals surface area contributed by atoms with Gasteiger partial charge in [-0.2, -0.15) is 0 Å². The molecule has 3 aromatic heterocycles. The Balaban J connectivity index is 1.46. The summed E-state index contributed by atoms with van der Waals surface area (Å²) in [4.78, 5) is 9.81. The number of thiophene rings is 1. The van der Waals surface area contributed by atoms with Crippen molar-refractivity contribution in [2.75, 3.05) is 5.43 Å². The van der Waals surface area contributed by atoms with Crippen LogP contribution in [-0.4, -0.2) is 15.1 Å². The van der Waals surface area contributed by atoms with E-state index in [2.05, 4.69) is 44.3 Å². The van der Waals surface area contributed by atoms with Gasteiger partial charge in [0.25, 0.3) is 0 Å². The highest BCUT2D eigenvalue weighted by molar-refractivity contribution is 7.80. The summed E-state index contributed by atoms with van der Waals surface area (Å²) in [7, 11) is 0. The Hall–Kier alpha value is -2.97. The maximum atomic E-state index is 5.26. The van der Waals surface area contributed by atoms with Crippen molar-refractivity contribution < 1.29 is 4.42 Å². The summed E-state index contributed by atoms with van der Waals surface area (Å²) in [5.74, 6) is 1.49. The molecule has 0 aliphatic heterocycles. The van der Waals surface area contributed by atoms with E-state index in [1.165, 1.54) is 6.33 Å². The lowest BCUT2D eigenvalue weighted by Crippen LogP contribution is -2.38. The molecule has 0 amide bonds. The zero-order valence-electron chi connectivity index (χ0n) is 13.6. The molecule has 0 unspecified atom stereocenters. The predicted octanol–water partition coefficient (Wildman–Crippen LogP) is 3.94. The summed E-state index contributed by atoms with van der Waals surface area (Å²) in [5, 5.41) is 3.51. The van der Waals surface area contributed by atoms with Gasteiger partial charge in [0.15, 0.2) is 10.9 Å². The van der Waals surface area contributed by atoms with Gasteiger partial charge in [0.05, 0.1) is 23.0 Å². The predicted molar refractivity (Wildman–Crippen MR) is 108 cm³/mol. The van der Waals surface area contributed by atoms with Gasteiger partial charge >= 0.3 is 0 Å². The number of fused-ring (bicyclic) bond motifs is 1. The maximum Gasteiger partial charge on any atom is 0.185 e. The van der Waals surface area contributed by atoms with Gasteiger partial charge < -0.3 is 9.73 Å². The van der Waals surface area contributed by atoms with E-state index < -0.39 is 0 Å². The van der Waals surface area contributed by atoms with Gasteiger partial charge in [-0.1, -0.05) is 30.3 Å². The third-order valence-corrected chi connectivity index (χ3v) is 5.09. The number of thiocarbonyl (C=S) groups is 1. The molecule has 130 valence electrons. The smallest absolute Gasteiger partial charge is 0.185 e. The number of anilines is 1. The van der Waals surface area contributed by atoms with Crippen molar-refractivity contribution >= 4 is 44.7 Å². The van der Waals surface area contributed by atoms with Gasteiger partial charge in [-0.15, -0.1) is 11.3 Å². The highest BCUT2D eigenvalue weighted by atomic mass is 32.1. The number of hydrogen-bond acceptors (Lipinski definition) is 6. The number of hydrogen-bond donors (Lipinski definition) is 3. The number of nitrogens with zero attached hydrogens (tertiary/aromatic N) is 2. The Morgan fingerprint density at radius 3 is 2.81 bits per heavy atom. The standard InChI is InChI=1S/C18H15N5OS2/c25-18(19-10-13-7-4-8-24-13)23-22-17-16-14(20-11-21-17)9-15(26-16)12-5-2-1-3-6-12/h1-9,11H,10H2,(H2,19,23,25)(H,20,21,22). The van der Waals surface area contributed by atoms with E-state index in [-0.39, 0.29) is 0 Å². The SMILES string of the molecule is S=C(NCc1ccco1)NNc1ncnc2cc(-c3ccccc3)sc12. The first-order valence-corrected chi connectivity index (χ1v) is 9.14. The van der Waals surface area contributed by atoms with E-state index in [0.717, 1.165) is 26.4 Å². The highest BCUT2D eigenvalue weighted by Crippen LogP contribution is 2.35. The van der Waals surface area contributed by atoms with Crippen molar-refractivity contribution in [3.05, 3.63) is 66.9 Å². The van der Waals surface area contributed by atoms with E-state index in [1.54, 1.807) is 17.6 Å². The van der Waals surface area contributed by atoms with Crippen molar-refractivity contribution in [1.82, 2.24) is 20.7 Å². The summed E-state index contributed by atoms with van der Waals surface area (Å²) in [5.41, 5.74) is 8.05. The van der Waals surface area contributed by atoms with Crippen molar-refractivity contribution in [3.63, 3.8) is 0 Å². The van der Waals surface area contributed by atoms with E-state index in [0.29, 0.717) is 17.5 Å². The molecule has 4 rings (SSSR count). The monoisotopic (exact) mass is 381 g/mol. The van der Waals surface area contributed by atoms with Crippen LogP contribution in [0.4, 0.5) is 5.82 Å². The molecular formula is C18H15N5OS2. The first kappa shape index (κ1) is 16.5. The zero-order valence-corrected chi connectivity index (χ0v) is 15.2. The first-order chi connectivity index (χ1) is 12.8. The van der Waals surface area contributed by atoms with Crippen LogP contribution in [0.2, 0.25) is 0 Å². The zero-order chi connectivity index (χ0) is 17.8. The van der Waals surface area contributed by atoms with Crippen LogP contribution < -0.4 is 16.2 Å². The Labute approximate surface area is 159 Å². The number of aromatic nitrogens is 2. The molecule has 0 saturated heterocycles. The number of furan rings is 1. The molecule has 0 fully saturated rings. The van der Waals surface area contributed by atoms with Crippen molar-refractivity contribution in [2.45, 2.75) is 6.54 Å². The van der Waals surface area contributed by atoms with Crippen molar-refractivity contribution in [2.24, 2.45) is 0 Å². The average molecular weight is 381 g/mol. The van der Waals surface area contributed by atoms with E-state index in [9.17, 15) is 0 Å². The van der Waals surface area contributed by atoms with Gasteiger partial charge in [0.1, 0.15) is 12.1 Å². The molecule has 0 bridgehead atoms. The summed E-state index contributed by atoms with van der Waals surface area (Å²) < 4.78 is 6.23. The second-order valence-corrected chi connectivity index (χ2v) is 6.89. The molecule has 0 atom stereocenters. The topological polar surface area (TPSA) is 75.0 Å². The minimum Gasteiger partial charge on any atom is -0.467 e. The van der Waals surface area contributed by atoms with Crippen molar-refractivity contribution in [1.29, 1.82) is 0 Å². The lowest BCUT2D eigenvalue weighted by molar-refractivity contribution is 0.503. The molecule has 1 aromatic carbocycles. The van der Waals surface area contributed by atoms with Crippen LogP contribution in [0.5, 0.6) is 0 Å². The second-order valence-electron chi connectivity index (χ2n) is 5.43. The molecule has 8 heteroatoms. The lowest BCUT2D eigenvalue weighted by atomic mass is 10.2. The average Bonchev–Trinajstić information content (AvgIpc) is 3.35. The normalized spacial score (nSPS) is 10.6. The van der Waals surface area contributed by atoms with Crippen LogP contribution in [0.25, 0.3) is 20.7 Å². The highest BCUT2D eigenvalue weighted by Gasteiger charge is 2.10. The fourth-order valence-electron chi connectivity index (χ4n) is 2.43. The Morgan fingerprint density at radius 1 is 1.12 bits per heavy atom. The first-order valence-electron chi connectivity index (χ1n) is 7.92. The summed E-state index contributed by atoms with van der Waals surface area (Å²) >= 11 is 6.90. The van der Waals surface area contributed by atoms with Crippen LogP contribution >= 0.6 is 23.6 Å². The molecule has 0 aliphatic carbocycles. The molecule has 0 spiro atoms. The van der Waals surface area contributed by atoms with E-state index in [1.807, 2.05) is 30.3 Å². The molecule has 3 heterocycles. The molecule has 4 aromatic rings. The van der Waals surface area contributed by atoms with E-state index in [4.69, 9.17) is 16.6 Å². The molecule has 0 saturated carbocycles. The van der Waals surface area contributed by atoms with Gasteiger partial charge in [-0.3, -0.25) is 10.9 Å². The second kappa shape index (κ2) is 7.51. The van der Waals surface area contributed by atoms with Gasteiger partial charge in [0.2, 0.25) is 0 Å². The van der Waals surface area contributed by atoms with Crippen molar-refractivity contribution in [3.8, 4) is 10.4 Å². The van der Waals surface area contributed by atoms with Gasteiger partial charge in [0, 0.05) is 4.88 Å². The molecule has 3 N–H and O–H groups in total. The third-order valence-electron chi connectivity index (χ3n) is 3.67. The van der Waals surface area contributed by atoms with E-state index >= 15 is 0 Å². The summed E-state index contributed by atoms with van der Waals surface area (Å²) in [6.07, 6.45) is 3.16. The van der Waals surface area contributed by atoms with Crippen LogP contribution in [0, 0.1) is 0 Å². The fraction of sp³-hybridized carbons (Fsp3) is 0.0556. The Morgan fingerprint density at radius 2 is 2.00 bits per heavy atom. The maximum absolute atomic E-state index is 5.26. The largest absolute Gasteiger partial charge is 0.467 e. The third kappa shape index (κ3) is 3.66. The molecule has 26 heavy (non-hydrogen) atoms. The summed E-state index contributed by atoms with van der Waals surface area (Å²) in [6, 6.07) is 16.0. The molecule has 0 aliphatic rings.